The number of rotatable bonds is 2. The molecule has 2 aliphatic rings. The molecule has 0 unspecified atom stereocenters. The number of benzene rings is 1. The van der Waals surface area contributed by atoms with E-state index < -0.39 is 0 Å². The number of carbonyl (C=O) groups excluding carboxylic acids is 1. The minimum atomic E-state index is 0.296. The zero-order chi connectivity index (χ0) is 10.4. The highest BCUT2D eigenvalue weighted by atomic mass is 79.9. The predicted octanol–water partition coefficient (Wildman–Crippen LogP) is 2.29. The number of halogens is 1. The van der Waals surface area contributed by atoms with Crippen LogP contribution in [0.4, 0.5) is 5.69 Å². The van der Waals surface area contributed by atoms with Gasteiger partial charge in [-0.2, -0.15) is 0 Å². The monoisotopic (exact) mass is 265 g/mol. The molecule has 1 aromatic rings. The Morgan fingerprint density at radius 1 is 1.33 bits per heavy atom. The van der Waals surface area contributed by atoms with Crippen molar-refractivity contribution in [1.82, 2.24) is 0 Å². The van der Waals surface area contributed by atoms with E-state index in [0.717, 1.165) is 17.6 Å². The maximum atomic E-state index is 12.0. The van der Waals surface area contributed by atoms with Gasteiger partial charge in [0.1, 0.15) is 0 Å². The molecule has 1 heterocycles. The highest BCUT2D eigenvalue weighted by molar-refractivity contribution is 9.09. The van der Waals surface area contributed by atoms with Crippen molar-refractivity contribution in [3.05, 3.63) is 30.3 Å². The van der Waals surface area contributed by atoms with Crippen molar-refractivity contribution in [3.8, 4) is 0 Å². The average molecular weight is 266 g/mol. The number of para-hydroxylation sites is 1. The molecule has 0 spiro atoms. The molecule has 1 aromatic carbocycles. The molecule has 1 saturated carbocycles. The summed E-state index contributed by atoms with van der Waals surface area (Å²) in [7, 11) is 0. The number of nitrogens with zero attached hydrogens (tertiary/aromatic N) is 1. The van der Waals surface area contributed by atoms with Crippen LogP contribution in [-0.2, 0) is 4.79 Å². The highest BCUT2D eigenvalue weighted by Crippen LogP contribution is 2.53. The summed E-state index contributed by atoms with van der Waals surface area (Å²) in [6.07, 6.45) is 0. The second-order valence-electron chi connectivity index (χ2n) is 4.29. The zero-order valence-corrected chi connectivity index (χ0v) is 9.85. The number of anilines is 1. The number of piperidine rings is 1. The molecule has 2 nitrogen and oxygen atoms in total. The summed E-state index contributed by atoms with van der Waals surface area (Å²) in [4.78, 5) is 13.9. The summed E-state index contributed by atoms with van der Waals surface area (Å²) in [6.45, 7) is 0.907. The average Bonchev–Trinajstić information content (AvgIpc) is 2.89. The van der Waals surface area contributed by atoms with Gasteiger partial charge in [0.25, 0.3) is 0 Å². The Balaban J connectivity index is 1.81. The van der Waals surface area contributed by atoms with Crippen LogP contribution in [-0.4, -0.2) is 17.8 Å². The zero-order valence-electron chi connectivity index (χ0n) is 8.27. The molecule has 0 radical (unpaired) electrons. The normalized spacial score (nSPS) is 33.0. The number of amides is 1. The number of hydrogen-bond donors (Lipinski definition) is 0. The van der Waals surface area contributed by atoms with Gasteiger partial charge in [0.2, 0.25) is 5.91 Å². The number of hydrogen-bond acceptors (Lipinski definition) is 1. The van der Waals surface area contributed by atoms with Gasteiger partial charge in [-0.1, -0.05) is 34.1 Å². The van der Waals surface area contributed by atoms with Crippen molar-refractivity contribution in [3.63, 3.8) is 0 Å². The molecule has 78 valence electrons. The van der Waals surface area contributed by atoms with Gasteiger partial charge in [-0.05, 0) is 24.0 Å². The molecule has 15 heavy (non-hydrogen) atoms. The van der Waals surface area contributed by atoms with E-state index in [1.54, 1.807) is 0 Å². The van der Waals surface area contributed by atoms with Gasteiger partial charge in [0.15, 0.2) is 0 Å². The molecule has 1 amide bonds. The fraction of sp³-hybridized carbons (Fsp3) is 0.417. The standard InChI is InChI=1S/C12H12BrNO/c13-6-9-10-7-14(12(15)11(9)10)8-4-2-1-3-5-8/h1-5,9-11H,6-7H2/t9-,10-,11+/m1/s1. The minimum Gasteiger partial charge on any atom is -0.312 e. The molecule has 1 saturated heterocycles. The Bertz CT molecular complexity index is 392. The van der Waals surface area contributed by atoms with Crippen LogP contribution in [0.2, 0.25) is 0 Å². The quantitative estimate of drug-likeness (QED) is 0.752. The van der Waals surface area contributed by atoms with Crippen LogP contribution in [0, 0.1) is 17.8 Å². The molecule has 1 aliphatic carbocycles. The summed E-state index contributed by atoms with van der Waals surface area (Å²) in [5, 5.41) is 0.969. The second-order valence-corrected chi connectivity index (χ2v) is 4.94. The van der Waals surface area contributed by atoms with E-state index in [0.29, 0.717) is 23.7 Å². The lowest BCUT2D eigenvalue weighted by Gasteiger charge is -2.19. The van der Waals surface area contributed by atoms with E-state index in [-0.39, 0.29) is 0 Å². The van der Waals surface area contributed by atoms with E-state index in [1.807, 2.05) is 35.2 Å². The first kappa shape index (κ1) is 9.40. The first-order valence-electron chi connectivity index (χ1n) is 5.25. The highest BCUT2D eigenvalue weighted by Gasteiger charge is 2.60. The van der Waals surface area contributed by atoms with Gasteiger partial charge in [-0.3, -0.25) is 4.79 Å². The van der Waals surface area contributed by atoms with Crippen LogP contribution in [0.15, 0.2) is 30.3 Å². The van der Waals surface area contributed by atoms with Gasteiger partial charge in [0, 0.05) is 23.5 Å². The third-order valence-electron chi connectivity index (χ3n) is 3.52. The topological polar surface area (TPSA) is 20.3 Å². The van der Waals surface area contributed by atoms with E-state index in [9.17, 15) is 4.79 Å². The maximum absolute atomic E-state index is 12.0. The third-order valence-corrected chi connectivity index (χ3v) is 4.27. The second kappa shape index (κ2) is 3.34. The molecule has 3 heteroatoms. The summed E-state index contributed by atoms with van der Waals surface area (Å²) in [5.41, 5.74) is 1.04. The van der Waals surface area contributed by atoms with Gasteiger partial charge >= 0.3 is 0 Å². The third kappa shape index (κ3) is 1.33. The van der Waals surface area contributed by atoms with Gasteiger partial charge in [0.05, 0.1) is 0 Å². The summed E-state index contributed by atoms with van der Waals surface area (Å²) < 4.78 is 0. The van der Waals surface area contributed by atoms with Crippen LogP contribution in [0.3, 0.4) is 0 Å². The van der Waals surface area contributed by atoms with Crippen molar-refractivity contribution in [2.45, 2.75) is 0 Å². The first-order chi connectivity index (χ1) is 7.33. The Kier molecular flexibility index (Phi) is 2.09. The molecule has 2 fully saturated rings. The maximum Gasteiger partial charge on any atom is 0.230 e. The number of alkyl halides is 1. The van der Waals surface area contributed by atoms with Gasteiger partial charge < -0.3 is 4.90 Å². The molecule has 0 aromatic heterocycles. The van der Waals surface area contributed by atoms with Crippen molar-refractivity contribution in [2.75, 3.05) is 16.8 Å². The fourth-order valence-corrected chi connectivity index (χ4v) is 3.47. The summed E-state index contributed by atoms with van der Waals surface area (Å²) in [5.74, 6) is 1.80. The Labute approximate surface area is 97.4 Å². The smallest absolute Gasteiger partial charge is 0.230 e. The van der Waals surface area contributed by atoms with Crippen molar-refractivity contribution >= 4 is 27.5 Å². The van der Waals surface area contributed by atoms with Gasteiger partial charge in [-0.25, -0.2) is 0 Å². The molecule has 3 atom stereocenters. The van der Waals surface area contributed by atoms with E-state index in [1.165, 1.54) is 0 Å². The largest absolute Gasteiger partial charge is 0.312 e. The van der Waals surface area contributed by atoms with E-state index in [4.69, 9.17) is 0 Å². The van der Waals surface area contributed by atoms with Crippen molar-refractivity contribution in [1.29, 1.82) is 0 Å². The molecule has 0 N–H and O–H groups in total. The van der Waals surface area contributed by atoms with Crippen LogP contribution in [0.25, 0.3) is 0 Å². The molecule has 0 bridgehead atoms. The SMILES string of the molecule is O=C1[C@H]2[C@H](CBr)[C@H]2CN1c1ccccc1. The predicted molar refractivity (Wildman–Crippen MR) is 63.1 cm³/mol. The number of carbonyl (C=O) groups is 1. The van der Waals surface area contributed by atoms with Crippen LogP contribution in [0.5, 0.6) is 0 Å². The first-order valence-corrected chi connectivity index (χ1v) is 6.37. The Morgan fingerprint density at radius 2 is 2.07 bits per heavy atom. The fourth-order valence-electron chi connectivity index (χ4n) is 2.59. The van der Waals surface area contributed by atoms with Crippen molar-refractivity contribution < 1.29 is 4.79 Å². The Morgan fingerprint density at radius 3 is 2.60 bits per heavy atom. The van der Waals surface area contributed by atoms with Crippen molar-refractivity contribution in [2.24, 2.45) is 17.8 Å². The lowest BCUT2D eigenvalue weighted by Crippen LogP contribution is -2.29. The molecular formula is C12H12BrNO. The number of fused-ring (bicyclic) bond motifs is 1. The summed E-state index contributed by atoms with van der Waals surface area (Å²) >= 11 is 3.46. The summed E-state index contributed by atoms with van der Waals surface area (Å²) in [6, 6.07) is 9.95. The molecular weight excluding hydrogens is 254 g/mol. The van der Waals surface area contributed by atoms with Crippen LogP contribution in [0.1, 0.15) is 0 Å². The molecule has 1 aliphatic heterocycles. The van der Waals surface area contributed by atoms with Gasteiger partial charge in [-0.15, -0.1) is 0 Å². The van der Waals surface area contributed by atoms with E-state index in [2.05, 4.69) is 15.9 Å². The lowest BCUT2D eigenvalue weighted by atomic mass is 10.2. The minimum absolute atomic E-state index is 0.296. The van der Waals surface area contributed by atoms with Crippen LogP contribution >= 0.6 is 15.9 Å². The van der Waals surface area contributed by atoms with Crippen LogP contribution < -0.4 is 4.90 Å². The Hall–Kier alpha value is -0.830. The van der Waals surface area contributed by atoms with E-state index >= 15 is 0 Å². The lowest BCUT2D eigenvalue weighted by molar-refractivity contribution is -0.119. The molecule has 3 rings (SSSR count).